The van der Waals surface area contributed by atoms with Crippen molar-refractivity contribution in [2.75, 3.05) is 20.2 Å². The van der Waals surface area contributed by atoms with Crippen molar-refractivity contribution in [3.8, 4) is 0 Å². The lowest BCUT2D eigenvalue weighted by molar-refractivity contribution is -0.110. The standard InChI is InChI=1S/C16H32N2O/c1-5-19-14-10-16(11-14,12-17)18(4)13-6-8-15(2,3)9-7-13/h13-14H,5-12,17H2,1-4H3. The van der Waals surface area contributed by atoms with Crippen molar-refractivity contribution in [2.24, 2.45) is 11.1 Å². The molecule has 2 aliphatic rings. The summed E-state index contributed by atoms with van der Waals surface area (Å²) in [7, 11) is 2.29. The first-order chi connectivity index (χ1) is 8.92. The summed E-state index contributed by atoms with van der Waals surface area (Å²) in [5.41, 5.74) is 6.85. The van der Waals surface area contributed by atoms with Gasteiger partial charge in [-0.05, 0) is 57.9 Å². The van der Waals surface area contributed by atoms with Gasteiger partial charge in [0, 0.05) is 24.7 Å². The molecule has 0 heterocycles. The third-order valence-electron chi connectivity index (χ3n) is 5.60. The summed E-state index contributed by atoms with van der Waals surface area (Å²) in [5, 5.41) is 0. The average Bonchev–Trinajstić information content (AvgIpc) is 2.32. The second kappa shape index (κ2) is 5.71. The Labute approximate surface area is 118 Å². The first-order valence-electron chi connectivity index (χ1n) is 7.97. The van der Waals surface area contributed by atoms with Crippen molar-refractivity contribution in [1.82, 2.24) is 4.90 Å². The molecule has 0 saturated heterocycles. The Bertz CT molecular complexity index is 287. The molecule has 2 N–H and O–H groups in total. The van der Waals surface area contributed by atoms with Gasteiger partial charge in [0.15, 0.2) is 0 Å². The lowest BCUT2D eigenvalue weighted by Gasteiger charge is -2.56. The van der Waals surface area contributed by atoms with E-state index >= 15 is 0 Å². The van der Waals surface area contributed by atoms with E-state index in [1.165, 1.54) is 25.7 Å². The molecule has 19 heavy (non-hydrogen) atoms. The van der Waals surface area contributed by atoms with Crippen molar-refractivity contribution in [2.45, 2.75) is 77.0 Å². The van der Waals surface area contributed by atoms with Crippen LogP contribution >= 0.6 is 0 Å². The number of likely N-dealkylation sites (N-methyl/N-ethyl adjacent to an activating group) is 1. The normalized spacial score (nSPS) is 35.4. The third kappa shape index (κ3) is 3.14. The van der Waals surface area contributed by atoms with Gasteiger partial charge < -0.3 is 10.5 Å². The van der Waals surface area contributed by atoms with E-state index in [0.29, 0.717) is 11.5 Å². The number of nitrogens with two attached hydrogens (primary N) is 1. The molecule has 112 valence electrons. The fourth-order valence-corrected chi connectivity index (χ4v) is 3.90. The molecule has 0 radical (unpaired) electrons. The highest BCUT2D eigenvalue weighted by atomic mass is 16.5. The van der Waals surface area contributed by atoms with Crippen LogP contribution < -0.4 is 5.73 Å². The molecule has 2 rings (SSSR count). The van der Waals surface area contributed by atoms with E-state index in [9.17, 15) is 0 Å². The van der Waals surface area contributed by atoms with Gasteiger partial charge in [-0.25, -0.2) is 0 Å². The molecule has 2 fully saturated rings. The summed E-state index contributed by atoms with van der Waals surface area (Å²) < 4.78 is 5.72. The van der Waals surface area contributed by atoms with E-state index < -0.39 is 0 Å². The van der Waals surface area contributed by atoms with Crippen LogP contribution in [0.2, 0.25) is 0 Å². The summed E-state index contributed by atoms with van der Waals surface area (Å²) in [6, 6.07) is 0.721. The molecule has 0 unspecified atom stereocenters. The van der Waals surface area contributed by atoms with Crippen molar-refractivity contribution in [3.05, 3.63) is 0 Å². The highest BCUT2D eigenvalue weighted by Gasteiger charge is 2.49. The molecule has 2 aliphatic carbocycles. The molecular weight excluding hydrogens is 236 g/mol. The molecule has 0 aromatic carbocycles. The molecule has 0 bridgehead atoms. The first-order valence-corrected chi connectivity index (χ1v) is 7.97. The van der Waals surface area contributed by atoms with Crippen molar-refractivity contribution >= 4 is 0 Å². The van der Waals surface area contributed by atoms with E-state index in [0.717, 1.165) is 32.0 Å². The van der Waals surface area contributed by atoms with Crippen LogP contribution in [-0.4, -0.2) is 42.8 Å². The van der Waals surface area contributed by atoms with E-state index in [1.54, 1.807) is 0 Å². The second-order valence-electron chi connectivity index (χ2n) is 7.42. The van der Waals surface area contributed by atoms with Gasteiger partial charge >= 0.3 is 0 Å². The van der Waals surface area contributed by atoms with E-state index in [4.69, 9.17) is 10.5 Å². The van der Waals surface area contributed by atoms with Crippen LogP contribution in [0.1, 0.15) is 59.3 Å². The number of hydrogen-bond acceptors (Lipinski definition) is 3. The van der Waals surface area contributed by atoms with E-state index in [-0.39, 0.29) is 5.54 Å². The summed E-state index contributed by atoms with van der Waals surface area (Å²) in [6.45, 7) is 8.47. The van der Waals surface area contributed by atoms with Gasteiger partial charge in [0.05, 0.1) is 6.10 Å². The fraction of sp³-hybridized carbons (Fsp3) is 1.00. The summed E-state index contributed by atoms with van der Waals surface area (Å²) in [5.74, 6) is 0. The Morgan fingerprint density at radius 2 is 1.79 bits per heavy atom. The smallest absolute Gasteiger partial charge is 0.0611 e. The molecule has 3 heteroatoms. The molecule has 3 nitrogen and oxygen atoms in total. The van der Waals surface area contributed by atoms with E-state index in [1.807, 2.05) is 0 Å². The second-order valence-corrected chi connectivity index (χ2v) is 7.42. The third-order valence-corrected chi connectivity index (χ3v) is 5.60. The van der Waals surface area contributed by atoms with Crippen LogP contribution in [0, 0.1) is 5.41 Å². The van der Waals surface area contributed by atoms with Gasteiger partial charge in [0.2, 0.25) is 0 Å². The maximum absolute atomic E-state index is 6.09. The van der Waals surface area contributed by atoms with Gasteiger partial charge in [-0.15, -0.1) is 0 Å². The molecule has 0 aromatic rings. The number of ether oxygens (including phenoxy) is 1. The minimum Gasteiger partial charge on any atom is -0.378 e. The van der Waals surface area contributed by atoms with Crippen LogP contribution in [0.3, 0.4) is 0 Å². The van der Waals surface area contributed by atoms with Gasteiger partial charge in [-0.1, -0.05) is 13.8 Å². The maximum Gasteiger partial charge on any atom is 0.0611 e. The molecular formula is C16H32N2O. The molecule has 0 spiro atoms. The topological polar surface area (TPSA) is 38.5 Å². The van der Waals surface area contributed by atoms with Crippen LogP contribution in [-0.2, 0) is 4.74 Å². The SMILES string of the molecule is CCOC1CC(CN)(N(C)C2CCC(C)(C)CC2)C1. The minimum atomic E-state index is 0.214. The molecule has 0 aliphatic heterocycles. The largest absolute Gasteiger partial charge is 0.378 e. The average molecular weight is 268 g/mol. The zero-order chi connectivity index (χ0) is 14.1. The van der Waals surface area contributed by atoms with Crippen molar-refractivity contribution in [1.29, 1.82) is 0 Å². The molecule has 0 amide bonds. The highest BCUT2D eigenvalue weighted by Crippen LogP contribution is 2.44. The first kappa shape index (κ1) is 15.3. The summed E-state index contributed by atoms with van der Waals surface area (Å²) in [4.78, 5) is 2.60. The number of nitrogens with zero attached hydrogens (tertiary/aromatic N) is 1. The number of hydrogen-bond donors (Lipinski definition) is 1. The van der Waals surface area contributed by atoms with E-state index in [2.05, 4.69) is 32.7 Å². The van der Waals surface area contributed by atoms with Crippen LogP contribution in [0.4, 0.5) is 0 Å². The van der Waals surface area contributed by atoms with Gasteiger partial charge in [-0.3, -0.25) is 4.90 Å². The van der Waals surface area contributed by atoms with Crippen LogP contribution in [0.25, 0.3) is 0 Å². The Kier molecular flexibility index (Phi) is 4.59. The number of rotatable bonds is 5. The van der Waals surface area contributed by atoms with Gasteiger partial charge in [0.1, 0.15) is 0 Å². The Morgan fingerprint density at radius 3 is 2.26 bits per heavy atom. The van der Waals surface area contributed by atoms with Gasteiger partial charge in [-0.2, -0.15) is 0 Å². The summed E-state index contributed by atoms with van der Waals surface area (Å²) >= 11 is 0. The highest BCUT2D eigenvalue weighted by molar-refractivity contribution is 5.05. The lowest BCUT2D eigenvalue weighted by atomic mass is 9.69. The minimum absolute atomic E-state index is 0.214. The van der Waals surface area contributed by atoms with Crippen LogP contribution in [0.15, 0.2) is 0 Å². The maximum atomic E-state index is 6.09. The van der Waals surface area contributed by atoms with Crippen molar-refractivity contribution < 1.29 is 4.74 Å². The van der Waals surface area contributed by atoms with Crippen LogP contribution in [0.5, 0.6) is 0 Å². The monoisotopic (exact) mass is 268 g/mol. The summed E-state index contributed by atoms with van der Waals surface area (Å²) in [6.07, 6.45) is 8.02. The Hall–Kier alpha value is -0.120. The molecule has 0 atom stereocenters. The molecule has 0 aromatic heterocycles. The predicted octanol–water partition coefficient (Wildman–Crippen LogP) is 2.78. The van der Waals surface area contributed by atoms with Crippen molar-refractivity contribution in [3.63, 3.8) is 0 Å². The zero-order valence-corrected chi connectivity index (χ0v) is 13.2. The fourth-order valence-electron chi connectivity index (χ4n) is 3.90. The quantitative estimate of drug-likeness (QED) is 0.833. The Balaban J connectivity index is 1.90. The van der Waals surface area contributed by atoms with Gasteiger partial charge in [0.25, 0.3) is 0 Å². The lowest BCUT2D eigenvalue weighted by Crippen LogP contribution is -2.65. The molecule has 2 saturated carbocycles. The zero-order valence-electron chi connectivity index (χ0n) is 13.2. The Morgan fingerprint density at radius 1 is 1.21 bits per heavy atom. The predicted molar refractivity (Wildman–Crippen MR) is 80.2 cm³/mol.